The summed E-state index contributed by atoms with van der Waals surface area (Å²) in [5, 5.41) is 12.5. The van der Waals surface area contributed by atoms with E-state index in [1.165, 1.54) is 0 Å². The fourth-order valence-electron chi connectivity index (χ4n) is 3.44. The van der Waals surface area contributed by atoms with E-state index in [9.17, 15) is 4.79 Å². The summed E-state index contributed by atoms with van der Waals surface area (Å²) >= 11 is 6.06. The van der Waals surface area contributed by atoms with Gasteiger partial charge in [-0.15, -0.1) is 0 Å². The third-order valence-corrected chi connectivity index (χ3v) is 5.12. The molecule has 1 aromatic carbocycles. The Morgan fingerprint density at radius 1 is 1.13 bits per heavy atom. The molecule has 4 aromatic rings. The highest BCUT2D eigenvalue weighted by atomic mass is 35.5. The lowest BCUT2D eigenvalue weighted by Crippen LogP contribution is -2.26. The van der Waals surface area contributed by atoms with Gasteiger partial charge in [0, 0.05) is 33.8 Å². The summed E-state index contributed by atoms with van der Waals surface area (Å²) in [6.45, 7) is 2.83. The minimum Gasteiger partial charge on any atom is -0.478 e. The minimum absolute atomic E-state index is 0.218. The Bertz CT molecular complexity index is 1360. The lowest BCUT2D eigenvalue weighted by atomic mass is 10.1. The van der Waals surface area contributed by atoms with Crippen molar-refractivity contribution in [2.75, 3.05) is 13.7 Å². The zero-order valence-corrected chi connectivity index (χ0v) is 18.0. The largest absolute Gasteiger partial charge is 0.478 e. The van der Waals surface area contributed by atoms with Crippen molar-refractivity contribution in [3.8, 4) is 22.7 Å². The molecule has 0 saturated carbocycles. The van der Waals surface area contributed by atoms with Crippen LogP contribution < -0.4 is 21.1 Å². The lowest BCUT2D eigenvalue weighted by molar-refractivity contribution is 0.328. The van der Waals surface area contributed by atoms with Gasteiger partial charge in [0.1, 0.15) is 5.49 Å². The molecule has 0 unspecified atom stereocenters. The average molecular weight is 436 g/mol. The van der Waals surface area contributed by atoms with Crippen LogP contribution in [0.1, 0.15) is 6.92 Å². The number of fused-ring (bicyclic) bond motifs is 1. The highest BCUT2D eigenvalue weighted by Gasteiger charge is 2.15. The van der Waals surface area contributed by atoms with Gasteiger partial charge < -0.3 is 14.6 Å². The van der Waals surface area contributed by atoms with Crippen molar-refractivity contribution in [2.24, 2.45) is 0 Å². The Kier molecular flexibility index (Phi) is 5.88. The molecular weight excluding hydrogens is 414 g/mol. The maximum absolute atomic E-state index is 13.7. The number of aromatic nitrogens is 3. The maximum Gasteiger partial charge on any atom is 0.264 e. The molecule has 0 aliphatic heterocycles. The molecule has 0 amide bonds. The normalized spacial score (nSPS) is 11.1. The highest BCUT2D eigenvalue weighted by Crippen LogP contribution is 2.24. The number of rotatable bonds is 6. The van der Waals surface area contributed by atoms with Crippen molar-refractivity contribution < 1.29 is 4.74 Å². The van der Waals surface area contributed by atoms with Gasteiger partial charge in [-0.2, -0.15) is 4.98 Å². The molecule has 0 saturated heterocycles. The molecule has 3 heterocycles. The lowest BCUT2D eigenvalue weighted by Gasteiger charge is -2.15. The van der Waals surface area contributed by atoms with Gasteiger partial charge in [-0.1, -0.05) is 11.6 Å². The van der Waals surface area contributed by atoms with Gasteiger partial charge in [0.15, 0.2) is 5.65 Å². The van der Waals surface area contributed by atoms with Gasteiger partial charge in [-0.25, -0.2) is 0 Å². The molecule has 0 bridgehead atoms. The number of nitrogens with one attached hydrogen (secondary N) is 2. The van der Waals surface area contributed by atoms with Gasteiger partial charge in [-0.05, 0) is 62.5 Å². The zero-order chi connectivity index (χ0) is 22.0. The van der Waals surface area contributed by atoms with Crippen LogP contribution in [-0.4, -0.2) is 27.8 Å². The minimum atomic E-state index is -0.218. The number of hydrogen-bond acceptors (Lipinski definition) is 5. The first kappa shape index (κ1) is 20.8. The number of nitrogens with zero attached hydrogens (tertiary/aromatic N) is 3. The Labute approximate surface area is 184 Å². The van der Waals surface area contributed by atoms with E-state index in [-0.39, 0.29) is 5.56 Å². The molecule has 2 N–H and O–H groups in total. The summed E-state index contributed by atoms with van der Waals surface area (Å²) < 4.78 is 8.86. The second-order valence-electron chi connectivity index (χ2n) is 6.95. The zero-order valence-electron chi connectivity index (χ0n) is 17.2. The SMILES string of the molecule is CCOc1ccc2cc(-c3ccc(=N)n(CNC)c3)c(=O)n(-c3ccc(Cl)cc3)c2n1. The Morgan fingerprint density at radius 3 is 2.61 bits per heavy atom. The molecule has 8 heteroatoms. The fourth-order valence-corrected chi connectivity index (χ4v) is 3.56. The molecule has 31 heavy (non-hydrogen) atoms. The van der Waals surface area contributed by atoms with E-state index in [2.05, 4.69) is 10.3 Å². The van der Waals surface area contributed by atoms with Gasteiger partial charge in [0.2, 0.25) is 5.88 Å². The molecule has 0 atom stereocenters. The van der Waals surface area contributed by atoms with E-state index in [0.29, 0.717) is 46.6 Å². The first-order valence-electron chi connectivity index (χ1n) is 9.87. The molecule has 0 radical (unpaired) electrons. The van der Waals surface area contributed by atoms with Crippen molar-refractivity contribution in [2.45, 2.75) is 13.6 Å². The Morgan fingerprint density at radius 2 is 1.90 bits per heavy atom. The third kappa shape index (κ3) is 4.10. The second kappa shape index (κ2) is 8.75. The predicted molar refractivity (Wildman–Crippen MR) is 122 cm³/mol. The van der Waals surface area contributed by atoms with Gasteiger partial charge in [0.25, 0.3) is 5.56 Å². The van der Waals surface area contributed by atoms with E-state index >= 15 is 0 Å². The van der Waals surface area contributed by atoms with Crippen LogP contribution in [0.25, 0.3) is 27.8 Å². The summed E-state index contributed by atoms with van der Waals surface area (Å²) in [7, 11) is 1.81. The van der Waals surface area contributed by atoms with Crippen LogP contribution in [0.5, 0.6) is 5.88 Å². The van der Waals surface area contributed by atoms with Crippen molar-refractivity contribution in [1.29, 1.82) is 5.41 Å². The number of pyridine rings is 3. The monoisotopic (exact) mass is 435 g/mol. The summed E-state index contributed by atoms with van der Waals surface area (Å²) in [5.41, 5.74) is 2.52. The molecule has 158 valence electrons. The van der Waals surface area contributed by atoms with Gasteiger partial charge in [-0.3, -0.25) is 14.8 Å². The Balaban J connectivity index is 2.02. The molecular formula is C23H22ClN5O2. The van der Waals surface area contributed by atoms with E-state index in [1.807, 2.05) is 26.1 Å². The van der Waals surface area contributed by atoms with Crippen LogP contribution >= 0.6 is 11.6 Å². The van der Waals surface area contributed by atoms with E-state index < -0.39 is 0 Å². The number of hydrogen-bond donors (Lipinski definition) is 2. The quantitative estimate of drug-likeness (QED) is 0.485. The first-order valence-corrected chi connectivity index (χ1v) is 10.2. The van der Waals surface area contributed by atoms with Crippen molar-refractivity contribution in [3.63, 3.8) is 0 Å². The molecule has 0 fully saturated rings. The number of ether oxygens (including phenoxy) is 1. The molecule has 0 spiro atoms. The molecule has 4 rings (SSSR count). The fraction of sp³-hybridized carbons (Fsp3) is 0.174. The van der Waals surface area contributed by atoms with Gasteiger partial charge >= 0.3 is 0 Å². The summed E-state index contributed by atoms with van der Waals surface area (Å²) in [4.78, 5) is 18.3. The van der Waals surface area contributed by atoms with Crippen molar-refractivity contribution in [3.05, 3.63) is 81.7 Å². The summed E-state index contributed by atoms with van der Waals surface area (Å²) in [6, 6.07) is 16.0. The van der Waals surface area contributed by atoms with Crippen LogP contribution in [-0.2, 0) is 6.67 Å². The van der Waals surface area contributed by atoms with Gasteiger partial charge in [0.05, 0.1) is 19.0 Å². The van der Waals surface area contributed by atoms with Crippen molar-refractivity contribution >= 4 is 22.6 Å². The standard InChI is InChI=1S/C23H22ClN5O2/c1-3-31-21-11-5-15-12-19(16-4-10-20(25)28(13-16)14-26-2)23(30)29(22(15)27-21)18-8-6-17(24)7-9-18/h4-13,25-26H,3,14H2,1-2H3. The average Bonchev–Trinajstić information content (AvgIpc) is 2.76. The smallest absolute Gasteiger partial charge is 0.264 e. The third-order valence-electron chi connectivity index (χ3n) is 4.87. The van der Waals surface area contributed by atoms with Crippen LogP contribution in [0.3, 0.4) is 0 Å². The van der Waals surface area contributed by atoms with Crippen LogP contribution in [0.4, 0.5) is 0 Å². The van der Waals surface area contributed by atoms with E-state index in [0.717, 1.165) is 10.9 Å². The van der Waals surface area contributed by atoms with Crippen LogP contribution in [0.2, 0.25) is 5.02 Å². The maximum atomic E-state index is 13.7. The molecule has 3 aromatic heterocycles. The predicted octanol–water partition coefficient (Wildman–Crippen LogP) is 3.56. The van der Waals surface area contributed by atoms with Crippen LogP contribution in [0.15, 0.2) is 65.6 Å². The first-order chi connectivity index (χ1) is 15.0. The topological polar surface area (TPSA) is 84.9 Å². The molecule has 0 aliphatic carbocycles. The number of benzene rings is 1. The molecule has 0 aliphatic rings. The second-order valence-corrected chi connectivity index (χ2v) is 7.39. The molecule has 7 nitrogen and oxygen atoms in total. The Hall–Kier alpha value is -3.42. The summed E-state index contributed by atoms with van der Waals surface area (Å²) in [5.74, 6) is 0.454. The number of halogens is 1. The van der Waals surface area contributed by atoms with E-state index in [1.54, 1.807) is 57.8 Å². The van der Waals surface area contributed by atoms with Crippen LogP contribution in [0, 0.1) is 5.41 Å². The van der Waals surface area contributed by atoms with E-state index in [4.69, 9.17) is 21.7 Å². The van der Waals surface area contributed by atoms with Crippen molar-refractivity contribution in [1.82, 2.24) is 19.4 Å². The highest BCUT2D eigenvalue weighted by molar-refractivity contribution is 6.30. The summed E-state index contributed by atoms with van der Waals surface area (Å²) in [6.07, 6.45) is 1.80.